The van der Waals surface area contributed by atoms with Crippen molar-refractivity contribution in [1.82, 2.24) is 5.32 Å². The van der Waals surface area contributed by atoms with Gasteiger partial charge in [-0.25, -0.2) is 0 Å². The lowest BCUT2D eigenvalue weighted by Gasteiger charge is -2.35. The van der Waals surface area contributed by atoms with E-state index in [2.05, 4.69) is 17.6 Å². The molecule has 1 saturated heterocycles. The molecule has 1 aromatic carbocycles. The molecule has 1 atom stereocenters. The van der Waals surface area contributed by atoms with Crippen LogP contribution in [0.15, 0.2) is 18.2 Å². The third-order valence-electron chi connectivity index (χ3n) is 4.31. The van der Waals surface area contributed by atoms with Gasteiger partial charge in [-0.2, -0.15) is 0 Å². The van der Waals surface area contributed by atoms with Crippen LogP contribution in [0.1, 0.15) is 26.2 Å². The zero-order valence-corrected chi connectivity index (χ0v) is 13.8. The molecule has 0 aliphatic carbocycles. The van der Waals surface area contributed by atoms with Crippen molar-refractivity contribution in [3.63, 3.8) is 0 Å². The summed E-state index contributed by atoms with van der Waals surface area (Å²) in [7, 11) is 3.85. The molecule has 1 fully saturated rings. The maximum Gasteiger partial charge on any atom is 0.231 e. The molecule has 5 heteroatoms. The van der Waals surface area contributed by atoms with Gasteiger partial charge in [0.15, 0.2) is 0 Å². The third-order valence-corrected chi connectivity index (χ3v) is 4.62. The Morgan fingerprint density at radius 1 is 1.48 bits per heavy atom. The van der Waals surface area contributed by atoms with E-state index in [9.17, 15) is 4.79 Å². The Balaban J connectivity index is 2.25. The molecule has 116 valence electrons. The van der Waals surface area contributed by atoms with Gasteiger partial charge in [0.05, 0.1) is 21.8 Å². The van der Waals surface area contributed by atoms with Gasteiger partial charge in [-0.15, -0.1) is 0 Å². The van der Waals surface area contributed by atoms with E-state index in [-0.39, 0.29) is 11.3 Å². The number of amides is 1. The van der Waals surface area contributed by atoms with Crippen molar-refractivity contribution in [1.29, 1.82) is 0 Å². The predicted molar refractivity (Wildman–Crippen MR) is 89.2 cm³/mol. The van der Waals surface area contributed by atoms with E-state index in [4.69, 9.17) is 11.6 Å². The van der Waals surface area contributed by atoms with Crippen molar-refractivity contribution < 1.29 is 4.79 Å². The average molecular weight is 310 g/mol. The molecule has 2 N–H and O–H groups in total. The van der Waals surface area contributed by atoms with E-state index < -0.39 is 0 Å². The fraction of sp³-hybridized carbons (Fsp3) is 0.562. The van der Waals surface area contributed by atoms with Gasteiger partial charge in [0.25, 0.3) is 0 Å². The highest BCUT2D eigenvalue weighted by atomic mass is 35.5. The van der Waals surface area contributed by atoms with E-state index in [0.29, 0.717) is 5.02 Å². The summed E-state index contributed by atoms with van der Waals surface area (Å²) < 4.78 is 0. The molecule has 0 radical (unpaired) electrons. The Hall–Kier alpha value is -1.26. The van der Waals surface area contributed by atoms with Crippen LogP contribution >= 0.6 is 11.6 Å². The average Bonchev–Trinajstić information content (AvgIpc) is 2.47. The number of nitrogens with one attached hydrogen (secondary N) is 2. The molecule has 0 spiro atoms. The largest absolute Gasteiger partial charge is 0.375 e. The number of carbonyl (C=O) groups excluding carboxylic acids is 1. The van der Waals surface area contributed by atoms with E-state index in [0.717, 1.165) is 43.7 Å². The lowest BCUT2D eigenvalue weighted by molar-refractivity contribution is -0.126. The number of carbonyl (C=O) groups is 1. The van der Waals surface area contributed by atoms with Crippen LogP contribution in [0, 0.1) is 5.41 Å². The van der Waals surface area contributed by atoms with Crippen LogP contribution in [0.4, 0.5) is 11.4 Å². The van der Waals surface area contributed by atoms with Crippen LogP contribution in [0.25, 0.3) is 0 Å². The second kappa shape index (κ2) is 6.67. The van der Waals surface area contributed by atoms with Gasteiger partial charge >= 0.3 is 0 Å². The topological polar surface area (TPSA) is 44.4 Å². The maximum absolute atomic E-state index is 12.8. The zero-order valence-electron chi connectivity index (χ0n) is 13.0. The Morgan fingerprint density at radius 3 is 2.81 bits per heavy atom. The predicted octanol–water partition coefficient (Wildman–Crippen LogP) is 3.12. The van der Waals surface area contributed by atoms with Crippen molar-refractivity contribution in [2.24, 2.45) is 5.41 Å². The number of benzene rings is 1. The number of para-hydroxylation sites is 1. The van der Waals surface area contributed by atoms with E-state index in [1.165, 1.54) is 0 Å². The fourth-order valence-corrected chi connectivity index (χ4v) is 3.29. The van der Waals surface area contributed by atoms with E-state index >= 15 is 0 Å². The summed E-state index contributed by atoms with van der Waals surface area (Å²) >= 11 is 6.26. The Bertz CT molecular complexity index is 510. The number of rotatable bonds is 4. The first-order valence-corrected chi connectivity index (χ1v) is 7.86. The lowest BCUT2D eigenvalue weighted by Crippen LogP contribution is -2.47. The first kappa shape index (κ1) is 16.1. The molecule has 1 amide bonds. The van der Waals surface area contributed by atoms with Crippen molar-refractivity contribution in [3.05, 3.63) is 23.2 Å². The summed E-state index contributed by atoms with van der Waals surface area (Å²) in [6, 6.07) is 5.60. The number of halogens is 1. The van der Waals surface area contributed by atoms with Crippen LogP contribution < -0.4 is 15.5 Å². The molecular weight excluding hydrogens is 286 g/mol. The first-order chi connectivity index (χ1) is 10.00. The molecule has 21 heavy (non-hydrogen) atoms. The highest BCUT2D eigenvalue weighted by Crippen LogP contribution is 2.36. The van der Waals surface area contributed by atoms with Gasteiger partial charge in [0, 0.05) is 20.6 Å². The summed E-state index contributed by atoms with van der Waals surface area (Å²) in [5.74, 6) is 0.0857. The first-order valence-electron chi connectivity index (χ1n) is 7.48. The van der Waals surface area contributed by atoms with Crippen LogP contribution in [0.3, 0.4) is 0 Å². The molecule has 1 unspecified atom stereocenters. The molecule has 4 nitrogen and oxygen atoms in total. The molecule has 0 aromatic heterocycles. The Labute approximate surface area is 131 Å². The van der Waals surface area contributed by atoms with Crippen LogP contribution in [0.5, 0.6) is 0 Å². The molecule has 0 saturated carbocycles. The van der Waals surface area contributed by atoms with Crippen LogP contribution in [-0.4, -0.2) is 33.1 Å². The Kier molecular flexibility index (Phi) is 5.12. The summed E-state index contributed by atoms with van der Waals surface area (Å²) in [5.41, 5.74) is 1.31. The number of hydrogen-bond donors (Lipinski definition) is 2. The van der Waals surface area contributed by atoms with Crippen molar-refractivity contribution >= 4 is 28.9 Å². The smallest absolute Gasteiger partial charge is 0.231 e. The normalized spacial score (nSPS) is 21.9. The van der Waals surface area contributed by atoms with E-state index in [1.807, 2.05) is 37.2 Å². The molecule has 1 aliphatic rings. The van der Waals surface area contributed by atoms with Gasteiger partial charge in [-0.1, -0.05) is 24.6 Å². The second-order valence-electron chi connectivity index (χ2n) is 5.90. The quantitative estimate of drug-likeness (QED) is 0.898. The van der Waals surface area contributed by atoms with Crippen molar-refractivity contribution in [2.45, 2.75) is 26.2 Å². The van der Waals surface area contributed by atoms with E-state index in [1.54, 1.807) is 0 Å². The van der Waals surface area contributed by atoms with Gasteiger partial charge in [0.2, 0.25) is 5.91 Å². The number of anilines is 2. The zero-order chi connectivity index (χ0) is 15.5. The maximum atomic E-state index is 12.8. The molecule has 0 bridgehead atoms. The molecule has 1 aliphatic heterocycles. The summed E-state index contributed by atoms with van der Waals surface area (Å²) in [6.45, 7) is 3.82. The summed E-state index contributed by atoms with van der Waals surface area (Å²) in [4.78, 5) is 14.7. The third kappa shape index (κ3) is 3.33. The minimum atomic E-state index is -0.315. The van der Waals surface area contributed by atoms with Gasteiger partial charge in [-0.3, -0.25) is 4.79 Å². The standard InChI is InChI=1S/C16H24ClN3O/c1-4-16(9-6-10-18-11-16)15(21)19-13-8-5-7-12(17)14(13)20(2)3/h5,7-8,18H,4,6,9-11H2,1-3H3,(H,19,21). The van der Waals surface area contributed by atoms with Gasteiger partial charge in [-0.05, 0) is 37.9 Å². The summed E-state index contributed by atoms with van der Waals surface area (Å²) in [6.07, 6.45) is 2.81. The highest BCUT2D eigenvalue weighted by molar-refractivity contribution is 6.34. The SMILES string of the molecule is CCC1(C(=O)Nc2cccc(Cl)c2N(C)C)CCCNC1. The van der Waals surface area contributed by atoms with Crippen LogP contribution in [0.2, 0.25) is 5.02 Å². The minimum Gasteiger partial charge on any atom is -0.375 e. The molecule has 2 rings (SSSR count). The van der Waals surface area contributed by atoms with Crippen LogP contribution in [-0.2, 0) is 4.79 Å². The highest BCUT2D eigenvalue weighted by Gasteiger charge is 2.38. The van der Waals surface area contributed by atoms with Crippen molar-refractivity contribution in [3.8, 4) is 0 Å². The minimum absolute atomic E-state index is 0.0857. The lowest BCUT2D eigenvalue weighted by atomic mass is 9.77. The molecular formula is C16H24ClN3O. The Morgan fingerprint density at radius 2 is 2.24 bits per heavy atom. The molecule has 1 aromatic rings. The number of nitrogens with zero attached hydrogens (tertiary/aromatic N) is 1. The number of hydrogen-bond acceptors (Lipinski definition) is 3. The monoisotopic (exact) mass is 309 g/mol. The fourth-order valence-electron chi connectivity index (χ4n) is 2.95. The van der Waals surface area contributed by atoms with Gasteiger partial charge in [0.1, 0.15) is 0 Å². The summed E-state index contributed by atoms with van der Waals surface area (Å²) in [5, 5.41) is 7.08. The second-order valence-corrected chi connectivity index (χ2v) is 6.31. The van der Waals surface area contributed by atoms with Gasteiger partial charge < -0.3 is 15.5 Å². The van der Waals surface area contributed by atoms with Crippen molar-refractivity contribution in [2.75, 3.05) is 37.4 Å². The number of piperidine rings is 1. The molecule has 1 heterocycles.